The van der Waals surface area contributed by atoms with Crippen molar-refractivity contribution >= 4 is 11.6 Å². The van der Waals surface area contributed by atoms with Crippen molar-refractivity contribution in [2.24, 2.45) is 5.92 Å². The summed E-state index contributed by atoms with van der Waals surface area (Å²) in [6.07, 6.45) is 9.60. The van der Waals surface area contributed by atoms with E-state index in [0.717, 1.165) is 17.5 Å². The van der Waals surface area contributed by atoms with Crippen molar-refractivity contribution < 1.29 is 4.74 Å². The van der Waals surface area contributed by atoms with Crippen LogP contribution in [0.15, 0.2) is 36.4 Å². The van der Waals surface area contributed by atoms with Crippen LogP contribution < -0.4 is 0 Å². The number of hydrogen-bond acceptors (Lipinski definition) is 1. The second-order valence-corrected chi connectivity index (χ2v) is 5.48. The molecule has 0 aromatic heterocycles. The highest BCUT2D eigenvalue weighted by molar-refractivity contribution is 6.30. The summed E-state index contributed by atoms with van der Waals surface area (Å²) in [5.41, 5.74) is 1.44. The number of allylic oxidation sites excluding steroid dienone is 1. The number of methoxy groups -OCH3 is 1. The molecule has 98 valence electrons. The molecule has 1 nitrogen and oxygen atoms in total. The molecule has 1 fully saturated rings. The molecule has 0 spiro atoms. The van der Waals surface area contributed by atoms with E-state index in [1.807, 2.05) is 12.1 Å². The summed E-state index contributed by atoms with van der Waals surface area (Å²) in [6, 6.07) is 8.35. The molecule has 0 heterocycles. The maximum absolute atomic E-state index is 5.92. The van der Waals surface area contributed by atoms with Crippen molar-refractivity contribution in [1.82, 2.24) is 0 Å². The van der Waals surface area contributed by atoms with E-state index in [9.17, 15) is 0 Å². The summed E-state index contributed by atoms with van der Waals surface area (Å²) in [5, 5.41) is 0.829. The summed E-state index contributed by atoms with van der Waals surface area (Å²) in [6.45, 7) is 0.733. The Morgan fingerprint density at radius 3 is 2.44 bits per heavy atom. The standard InChI is InChI=1S/C16H21ClO/c1-18-12-2-3-13-4-6-14(7-5-13)15-8-10-16(17)11-9-15/h2-3,8-11,13-14H,4-7,12H2,1H3. The van der Waals surface area contributed by atoms with Crippen molar-refractivity contribution in [3.8, 4) is 0 Å². The Labute approximate surface area is 115 Å². The first-order valence-corrected chi connectivity index (χ1v) is 7.08. The Hall–Kier alpha value is -0.790. The smallest absolute Gasteiger partial charge is 0.0643 e. The highest BCUT2D eigenvalue weighted by atomic mass is 35.5. The van der Waals surface area contributed by atoms with Crippen molar-refractivity contribution in [2.45, 2.75) is 31.6 Å². The van der Waals surface area contributed by atoms with Gasteiger partial charge in [0.15, 0.2) is 0 Å². The van der Waals surface area contributed by atoms with Gasteiger partial charge in [0, 0.05) is 12.1 Å². The van der Waals surface area contributed by atoms with Gasteiger partial charge in [0.25, 0.3) is 0 Å². The zero-order valence-corrected chi connectivity index (χ0v) is 11.7. The number of rotatable bonds is 4. The third-order valence-corrected chi connectivity index (χ3v) is 4.04. The molecule has 1 aliphatic rings. The third kappa shape index (κ3) is 3.86. The van der Waals surface area contributed by atoms with E-state index in [0.29, 0.717) is 5.92 Å². The fourth-order valence-electron chi connectivity index (χ4n) is 2.72. The van der Waals surface area contributed by atoms with E-state index in [1.165, 1.54) is 31.2 Å². The van der Waals surface area contributed by atoms with Gasteiger partial charge in [-0.25, -0.2) is 0 Å². The highest BCUT2D eigenvalue weighted by Crippen LogP contribution is 2.36. The van der Waals surface area contributed by atoms with Crippen LogP contribution in [0.5, 0.6) is 0 Å². The molecule has 0 saturated heterocycles. The monoisotopic (exact) mass is 264 g/mol. The first kappa shape index (κ1) is 13.6. The lowest BCUT2D eigenvalue weighted by Gasteiger charge is -2.27. The van der Waals surface area contributed by atoms with E-state index in [2.05, 4.69) is 24.3 Å². The van der Waals surface area contributed by atoms with Gasteiger partial charge in [0.05, 0.1) is 6.61 Å². The maximum atomic E-state index is 5.92. The summed E-state index contributed by atoms with van der Waals surface area (Å²) >= 11 is 5.92. The van der Waals surface area contributed by atoms with Crippen LogP contribution in [0.4, 0.5) is 0 Å². The van der Waals surface area contributed by atoms with Gasteiger partial charge in [0.2, 0.25) is 0 Å². The Morgan fingerprint density at radius 2 is 1.83 bits per heavy atom. The van der Waals surface area contributed by atoms with Gasteiger partial charge in [0.1, 0.15) is 0 Å². The van der Waals surface area contributed by atoms with Crippen LogP contribution in [0.25, 0.3) is 0 Å². The summed E-state index contributed by atoms with van der Waals surface area (Å²) in [4.78, 5) is 0. The number of hydrogen-bond donors (Lipinski definition) is 0. The highest BCUT2D eigenvalue weighted by Gasteiger charge is 2.20. The topological polar surface area (TPSA) is 9.23 Å². The van der Waals surface area contributed by atoms with Gasteiger partial charge in [-0.2, -0.15) is 0 Å². The Kier molecular flexibility index (Phi) is 5.27. The molecule has 0 N–H and O–H groups in total. The SMILES string of the molecule is COCC=CC1CCC(c2ccc(Cl)cc2)CC1. The van der Waals surface area contributed by atoms with Gasteiger partial charge in [-0.3, -0.25) is 0 Å². The first-order valence-electron chi connectivity index (χ1n) is 6.70. The minimum absolute atomic E-state index is 0.717. The van der Waals surface area contributed by atoms with Crippen LogP contribution in [-0.2, 0) is 4.74 Å². The van der Waals surface area contributed by atoms with Gasteiger partial charge >= 0.3 is 0 Å². The minimum Gasteiger partial charge on any atom is -0.381 e. The molecule has 0 bridgehead atoms. The molecule has 1 aromatic rings. The van der Waals surface area contributed by atoms with Gasteiger partial charge in [-0.15, -0.1) is 0 Å². The third-order valence-electron chi connectivity index (χ3n) is 3.78. The molecule has 1 aromatic carbocycles. The van der Waals surface area contributed by atoms with Crippen LogP contribution in [-0.4, -0.2) is 13.7 Å². The predicted octanol–water partition coefficient (Wildman–Crippen LogP) is 4.82. The van der Waals surface area contributed by atoms with Crippen LogP contribution >= 0.6 is 11.6 Å². The zero-order valence-electron chi connectivity index (χ0n) is 10.9. The average molecular weight is 265 g/mol. The lowest BCUT2D eigenvalue weighted by Crippen LogP contribution is -2.11. The molecular weight excluding hydrogens is 244 g/mol. The van der Waals surface area contributed by atoms with E-state index in [4.69, 9.17) is 16.3 Å². The van der Waals surface area contributed by atoms with Gasteiger partial charge in [-0.1, -0.05) is 35.9 Å². The summed E-state index contributed by atoms with van der Waals surface area (Å²) in [7, 11) is 1.74. The van der Waals surface area contributed by atoms with E-state index >= 15 is 0 Å². The largest absolute Gasteiger partial charge is 0.381 e. The maximum Gasteiger partial charge on any atom is 0.0643 e. The Morgan fingerprint density at radius 1 is 1.17 bits per heavy atom. The normalized spacial score (nSPS) is 24.6. The molecule has 0 radical (unpaired) electrons. The molecule has 2 heteroatoms. The Bertz CT molecular complexity index is 375. The number of halogens is 1. The lowest BCUT2D eigenvalue weighted by atomic mass is 9.78. The fourth-order valence-corrected chi connectivity index (χ4v) is 2.85. The van der Waals surface area contributed by atoms with E-state index in [1.54, 1.807) is 7.11 Å². The van der Waals surface area contributed by atoms with Crippen LogP contribution in [0.2, 0.25) is 5.02 Å². The molecule has 18 heavy (non-hydrogen) atoms. The second-order valence-electron chi connectivity index (χ2n) is 5.05. The number of benzene rings is 1. The molecule has 2 rings (SSSR count). The van der Waals surface area contributed by atoms with E-state index < -0.39 is 0 Å². The molecular formula is C16H21ClO. The fraction of sp³-hybridized carbons (Fsp3) is 0.500. The van der Waals surface area contributed by atoms with Crippen molar-refractivity contribution in [1.29, 1.82) is 0 Å². The Balaban J connectivity index is 1.84. The van der Waals surface area contributed by atoms with Crippen LogP contribution in [0, 0.1) is 5.92 Å². The van der Waals surface area contributed by atoms with Crippen molar-refractivity contribution in [3.05, 3.63) is 47.0 Å². The molecule has 0 amide bonds. The molecule has 0 aliphatic heterocycles. The van der Waals surface area contributed by atoms with Gasteiger partial charge < -0.3 is 4.74 Å². The van der Waals surface area contributed by atoms with Crippen molar-refractivity contribution in [3.63, 3.8) is 0 Å². The quantitative estimate of drug-likeness (QED) is 0.709. The molecule has 1 aliphatic carbocycles. The molecule has 0 unspecified atom stereocenters. The molecule has 0 atom stereocenters. The minimum atomic E-state index is 0.717. The summed E-state index contributed by atoms with van der Waals surface area (Å²) in [5.74, 6) is 1.46. The van der Waals surface area contributed by atoms with Crippen LogP contribution in [0.1, 0.15) is 37.2 Å². The van der Waals surface area contributed by atoms with E-state index in [-0.39, 0.29) is 0 Å². The lowest BCUT2D eigenvalue weighted by molar-refractivity contribution is 0.233. The van der Waals surface area contributed by atoms with Crippen molar-refractivity contribution in [2.75, 3.05) is 13.7 Å². The molecule has 1 saturated carbocycles. The zero-order chi connectivity index (χ0) is 12.8. The predicted molar refractivity (Wildman–Crippen MR) is 77.2 cm³/mol. The average Bonchev–Trinajstić information content (AvgIpc) is 2.41. The van der Waals surface area contributed by atoms with Gasteiger partial charge in [-0.05, 0) is 55.2 Å². The number of ether oxygens (including phenoxy) is 1. The second kappa shape index (κ2) is 6.96. The summed E-state index contributed by atoms with van der Waals surface area (Å²) < 4.78 is 5.04. The van der Waals surface area contributed by atoms with Crippen LogP contribution in [0.3, 0.4) is 0 Å². The first-order chi connectivity index (χ1) is 8.79.